The summed E-state index contributed by atoms with van der Waals surface area (Å²) in [7, 11) is 0. The lowest BCUT2D eigenvalue weighted by Crippen LogP contribution is -2.29. The standard InChI is InChI=1S/C4H7NO2/c6-4-2-1-3-7-5-4/h1-2,4-6H,3H2. The summed E-state index contributed by atoms with van der Waals surface area (Å²) in [4.78, 5) is 4.59. The van der Waals surface area contributed by atoms with E-state index in [0.717, 1.165) is 0 Å². The first-order chi connectivity index (χ1) is 3.39. The van der Waals surface area contributed by atoms with E-state index in [1.54, 1.807) is 12.2 Å². The number of hydrogen-bond acceptors (Lipinski definition) is 3. The predicted octanol–water partition coefficient (Wildman–Crippen LogP) is -0.604. The molecule has 1 aliphatic heterocycles. The highest BCUT2D eigenvalue weighted by molar-refractivity contribution is 4.88. The Balaban J connectivity index is 2.36. The van der Waals surface area contributed by atoms with Crippen LogP contribution in [0.25, 0.3) is 0 Å². The van der Waals surface area contributed by atoms with Crippen LogP contribution in [0.3, 0.4) is 0 Å². The normalized spacial score (nSPS) is 30.7. The Labute approximate surface area is 41.6 Å². The number of aliphatic hydroxyl groups is 1. The van der Waals surface area contributed by atoms with Gasteiger partial charge in [-0.25, -0.2) is 0 Å². The summed E-state index contributed by atoms with van der Waals surface area (Å²) in [6.45, 7) is 0.539. The van der Waals surface area contributed by atoms with Gasteiger partial charge in [-0.15, -0.1) is 0 Å². The highest BCUT2D eigenvalue weighted by Gasteiger charge is 1.98. The molecule has 1 atom stereocenters. The van der Waals surface area contributed by atoms with Crippen LogP contribution >= 0.6 is 0 Å². The van der Waals surface area contributed by atoms with E-state index in [1.807, 2.05) is 0 Å². The molecule has 0 aromatic heterocycles. The maximum absolute atomic E-state index is 8.59. The van der Waals surface area contributed by atoms with Crippen molar-refractivity contribution in [3.8, 4) is 0 Å². The molecule has 0 radical (unpaired) electrons. The highest BCUT2D eigenvalue weighted by atomic mass is 16.7. The van der Waals surface area contributed by atoms with Gasteiger partial charge in [-0.1, -0.05) is 6.08 Å². The molecule has 1 rings (SSSR count). The lowest BCUT2D eigenvalue weighted by molar-refractivity contribution is -0.0341. The first kappa shape index (κ1) is 4.77. The maximum atomic E-state index is 8.59. The van der Waals surface area contributed by atoms with Gasteiger partial charge in [-0.2, -0.15) is 5.48 Å². The first-order valence-electron chi connectivity index (χ1n) is 2.11. The summed E-state index contributed by atoms with van der Waals surface area (Å²) >= 11 is 0. The van der Waals surface area contributed by atoms with Gasteiger partial charge in [0.05, 0.1) is 6.61 Å². The van der Waals surface area contributed by atoms with Crippen LogP contribution in [0.4, 0.5) is 0 Å². The Morgan fingerprint density at radius 3 is 3.00 bits per heavy atom. The van der Waals surface area contributed by atoms with Crippen molar-refractivity contribution in [2.45, 2.75) is 6.23 Å². The summed E-state index contributed by atoms with van der Waals surface area (Å²) in [5.74, 6) is 0. The lowest BCUT2D eigenvalue weighted by Gasteiger charge is -2.10. The molecule has 3 nitrogen and oxygen atoms in total. The molecule has 0 aromatic rings. The summed E-state index contributed by atoms with van der Waals surface area (Å²) < 4.78 is 0. The van der Waals surface area contributed by atoms with Gasteiger partial charge < -0.3 is 5.11 Å². The minimum atomic E-state index is -0.617. The van der Waals surface area contributed by atoms with Crippen LogP contribution in [-0.4, -0.2) is 17.9 Å². The second-order valence-electron chi connectivity index (χ2n) is 1.30. The number of hydroxylamine groups is 1. The summed E-state index contributed by atoms with van der Waals surface area (Å²) in [6.07, 6.45) is 2.76. The van der Waals surface area contributed by atoms with Crippen molar-refractivity contribution in [2.24, 2.45) is 0 Å². The second-order valence-corrected chi connectivity index (χ2v) is 1.30. The molecule has 1 unspecified atom stereocenters. The van der Waals surface area contributed by atoms with E-state index >= 15 is 0 Å². The van der Waals surface area contributed by atoms with Crippen molar-refractivity contribution in [3.63, 3.8) is 0 Å². The van der Waals surface area contributed by atoms with Crippen LogP contribution in [0.2, 0.25) is 0 Å². The third-order valence-corrected chi connectivity index (χ3v) is 0.702. The van der Waals surface area contributed by atoms with Crippen LogP contribution in [0.15, 0.2) is 12.2 Å². The van der Waals surface area contributed by atoms with Crippen LogP contribution < -0.4 is 5.48 Å². The zero-order valence-corrected chi connectivity index (χ0v) is 3.79. The average molecular weight is 101 g/mol. The highest BCUT2D eigenvalue weighted by Crippen LogP contribution is 1.87. The molecule has 0 amide bonds. The Morgan fingerprint density at radius 2 is 2.71 bits per heavy atom. The molecule has 0 fully saturated rings. The van der Waals surface area contributed by atoms with Gasteiger partial charge in [0.1, 0.15) is 6.23 Å². The van der Waals surface area contributed by atoms with E-state index in [-0.39, 0.29) is 0 Å². The molecule has 1 aliphatic rings. The maximum Gasteiger partial charge on any atom is 0.146 e. The van der Waals surface area contributed by atoms with E-state index in [1.165, 1.54) is 0 Å². The molecule has 0 bridgehead atoms. The Morgan fingerprint density at radius 1 is 1.86 bits per heavy atom. The van der Waals surface area contributed by atoms with Gasteiger partial charge in [0.25, 0.3) is 0 Å². The Kier molecular flexibility index (Phi) is 1.41. The zero-order valence-electron chi connectivity index (χ0n) is 3.79. The molecule has 0 aromatic carbocycles. The van der Waals surface area contributed by atoms with Gasteiger partial charge in [0, 0.05) is 0 Å². The molecular formula is C4H7NO2. The largest absolute Gasteiger partial charge is 0.373 e. The zero-order chi connectivity index (χ0) is 5.11. The monoisotopic (exact) mass is 101 g/mol. The third kappa shape index (κ3) is 1.27. The Bertz CT molecular complexity index is 81.8. The number of nitrogens with one attached hydrogen (secondary N) is 1. The SMILES string of the molecule is OC1C=CCON1. The third-order valence-electron chi connectivity index (χ3n) is 0.702. The van der Waals surface area contributed by atoms with E-state index < -0.39 is 6.23 Å². The summed E-state index contributed by atoms with van der Waals surface area (Å²) in [6, 6.07) is 0. The van der Waals surface area contributed by atoms with Crippen molar-refractivity contribution in [3.05, 3.63) is 12.2 Å². The van der Waals surface area contributed by atoms with Crippen molar-refractivity contribution in [1.29, 1.82) is 0 Å². The first-order valence-corrected chi connectivity index (χ1v) is 2.11. The number of rotatable bonds is 0. The van der Waals surface area contributed by atoms with Crippen molar-refractivity contribution < 1.29 is 9.94 Å². The molecule has 1 heterocycles. The molecule has 0 spiro atoms. The fourth-order valence-electron chi connectivity index (χ4n) is 0.405. The molecule has 3 heteroatoms. The fourth-order valence-corrected chi connectivity index (χ4v) is 0.405. The van der Waals surface area contributed by atoms with Gasteiger partial charge in [-0.3, -0.25) is 4.84 Å². The fraction of sp³-hybridized carbons (Fsp3) is 0.500. The van der Waals surface area contributed by atoms with Crippen LogP contribution in [-0.2, 0) is 4.84 Å². The molecule has 0 saturated carbocycles. The number of aliphatic hydroxyl groups excluding tert-OH is 1. The van der Waals surface area contributed by atoms with Crippen LogP contribution in [0, 0.1) is 0 Å². The topological polar surface area (TPSA) is 41.5 Å². The van der Waals surface area contributed by atoms with Gasteiger partial charge >= 0.3 is 0 Å². The molecule has 0 aliphatic carbocycles. The number of hydrogen-bond donors (Lipinski definition) is 2. The van der Waals surface area contributed by atoms with Crippen molar-refractivity contribution >= 4 is 0 Å². The minimum absolute atomic E-state index is 0.539. The predicted molar refractivity (Wildman–Crippen MR) is 24.2 cm³/mol. The second kappa shape index (κ2) is 2.07. The molecule has 40 valence electrons. The van der Waals surface area contributed by atoms with Crippen molar-refractivity contribution in [1.82, 2.24) is 5.48 Å². The van der Waals surface area contributed by atoms with E-state index in [0.29, 0.717) is 6.61 Å². The van der Waals surface area contributed by atoms with Crippen molar-refractivity contribution in [2.75, 3.05) is 6.61 Å². The lowest BCUT2D eigenvalue weighted by atomic mass is 10.4. The van der Waals surface area contributed by atoms with Gasteiger partial charge in [-0.05, 0) is 6.08 Å². The smallest absolute Gasteiger partial charge is 0.146 e. The van der Waals surface area contributed by atoms with Gasteiger partial charge in [0.15, 0.2) is 0 Å². The molecular weight excluding hydrogens is 94.0 g/mol. The summed E-state index contributed by atoms with van der Waals surface area (Å²) in [5.41, 5.74) is 2.35. The van der Waals surface area contributed by atoms with Crippen LogP contribution in [0.5, 0.6) is 0 Å². The van der Waals surface area contributed by atoms with Gasteiger partial charge in [0.2, 0.25) is 0 Å². The molecule has 2 N–H and O–H groups in total. The van der Waals surface area contributed by atoms with E-state index in [9.17, 15) is 0 Å². The average Bonchev–Trinajstić information content (AvgIpc) is 1.69. The van der Waals surface area contributed by atoms with E-state index in [4.69, 9.17) is 5.11 Å². The van der Waals surface area contributed by atoms with Crippen LogP contribution in [0.1, 0.15) is 0 Å². The minimum Gasteiger partial charge on any atom is -0.373 e. The quantitative estimate of drug-likeness (QED) is 0.400. The van der Waals surface area contributed by atoms with E-state index in [2.05, 4.69) is 10.3 Å². The molecule has 7 heavy (non-hydrogen) atoms. The molecule has 0 saturated heterocycles. The summed E-state index contributed by atoms with van der Waals surface area (Å²) in [5, 5.41) is 8.59. The Hall–Kier alpha value is -0.380.